The van der Waals surface area contributed by atoms with E-state index in [0.717, 1.165) is 73.8 Å². The van der Waals surface area contributed by atoms with Crippen LogP contribution in [0.1, 0.15) is 13.3 Å². The number of sulfonamides is 1. The molecule has 2 aliphatic rings. The lowest BCUT2D eigenvalue weighted by molar-refractivity contribution is -0.367. The Morgan fingerprint density at radius 3 is 2.46 bits per heavy atom. The molecule has 0 bridgehead atoms. The molecular weight excluding hydrogens is 655 g/mol. The van der Waals surface area contributed by atoms with E-state index in [1.54, 1.807) is 25.6 Å². The molecule has 0 aliphatic carbocycles. The van der Waals surface area contributed by atoms with Crippen LogP contribution in [0.5, 0.6) is 11.5 Å². The van der Waals surface area contributed by atoms with Crippen LogP contribution in [0.2, 0.25) is 0 Å². The summed E-state index contributed by atoms with van der Waals surface area (Å²) in [5.74, 6) is 1.70. The van der Waals surface area contributed by atoms with E-state index in [1.807, 2.05) is 16.9 Å². The first-order chi connectivity index (χ1) is 23.1. The molecule has 48 heavy (non-hydrogen) atoms. The molecule has 0 saturated carbocycles. The van der Waals surface area contributed by atoms with E-state index in [0.29, 0.717) is 55.1 Å². The van der Waals surface area contributed by atoms with Crippen molar-refractivity contribution in [3.05, 3.63) is 42.7 Å². The van der Waals surface area contributed by atoms with Gasteiger partial charge in [0.1, 0.15) is 5.39 Å². The summed E-state index contributed by atoms with van der Waals surface area (Å²) in [4.78, 5) is 31.9. The predicted molar refractivity (Wildman–Crippen MR) is 188 cm³/mol. The van der Waals surface area contributed by atoms with Gasteiger partial charge in [0.05, 0.1) is 50.3 Å². The number of hydrogen-bond acceptors (Lipinski definition) is 10. The molecule has 2 aliphatic heterocycles. The largest absolute Gasteiger partial charge is 0.493 e. The summed E-state index contributed by atoms with van der Waals surface area (Å²) >= 11 is 5.68. The van der Waals surface area contributed by atoms with Crippen LogP contribution < -0.4 is 29.4 Å². The molecular formula is C32H42N9O5S2+. The number of amides is 1. The van der Waals surface area contributed by atoms with E-state index in [2.05, 4.69) is 46.9 Å². The van der Waals surface area contributed by atoms with Gasteiger partial charge in [-0.3, -0.25) is 9.69 Å². The highest BCUT2D eigenvalue weighted by Gasteiger charge is 2.28. The highest BCUT2D eigenvalue weighted by Crippen LogP contribution is 2.38. The minimum Gasteiger partial charge on any atom is -0.493 e. The molecule has 256 valence electrons. The average molecular weight is 697 g/mol. The molecule has 0 atom stereocenters. The number of carbonyl (C=O) groups is 1. The summed E-state index contributed by atoms with van der Waals surface area (Å²) in [6.07, 6.45) is 2.65. The molecule has 2 aromatic heterocycles. The van der Waals surface area contributed by atoms with Gasteiger partial charge in [-0.05, 0) is 56.0 Å². The topological polar surface area (TPSA) is 150 Å². The molecule has 16 heteroatoms. The predicted octanol–water partition coefficient (Wildman–Crippen LogP) is 1.90. The monoisotopic (exact) mass is 696 g/mol. The summed E-state index contributed by atoms with van der Waals surface area (Å²) in [5, 5.41) is 5.72. The van der Waals surface area contributed by atoms with E-state index < -0.39 is 15.9 Å². The third kappa shape index (κ3) is 7.56. The highest BCUT2D eigenvalue weighted by molar-refractivity contribution is 7.90. The summed E-state index contributed by atoms with van der Waals surface area (Å²) in [5.41, 5.74) is 2.35. The lowest BCUT2D eigenvalue weighted by Crippen LogP contribution is -2.51. The number of anilines is 2. The second kappa shape index (κ2) is 14.5. The van der Waals surface area contributed by atoms with Crippen molar-refractivity contribution >= 4 is 66.7 Å². The van der Waals surface area contributed by atoms with Crippen molar-refractivity contribution in [2.24, 2.45) is 0 Å². The molecule has 0 unspecified atom stereocenters. The Labute approximate surface area is 285 Å². The van der Waals surface area contributed by atoms with Crippen molar-refractivity contribution in [3.8, 4) is 11.5 Å². The van der Waals surface area contributed by atoms with Gasteiger partial charge in [-0.1, -0.05) is 4.98 Å². The van der Waals surface area contributed by atoms with E-state index in [-0.39, 0.29) is 4.90 Å². The normalized spacial score (nSPS) is 16.3. The van der Waals surface area contributed by atoms with Crippen LogP contribution in [0.4, 0.5) is 11.5 Å². The first-order valence-corrected chi connectivity index (χ1v) is 17.9. The Morgan fingerprint density at radius 1 is 1.04 bits per heavy atom. The van der Waals surface area contributed by atoms with Crippen LogP contribution in [0.3, 0.4) is 0 Å². The number of nitrogens with zero attached hydrogens (tertiary/aromatic N) is 5. The number of hydrogen-bond donors (Lipinski definition) is 3. The van der Waals surface area contributed by atoms with E-state index in [4.69, 9.17) is 21.7 Å². The number of likely N-dealkylation sites (N-methyl/N-ethyl adjacent to an activating group) is 1. The Bertz CT molecular complexity index is 1890. The van der Waals surface area contributed by atoms with Gasteiger partial charge in [0.2, 0.25) is 23.7 Å². The van der Waals surface area contributed by atoms with Gasteiger partial charge in [-0.15, -0.1) is 0 Å². The molecule has 4 heterocycles. The maximum absolute atomic E-state index is 12.2. The molecule has 1 amide bonds. The van der Waals surface area contributed by atoms with Crippen molar-refractivity contribution in [3.63, 3.8) is 0 Å². The lowest BCUT2D eigenvalue weighted by atomic mass is 10.1. The standard InChI is InChI=1S/C32H41N9O5S2/c1-22(42)37-48(43,44)24-7-5-23(6-8-24)35-32(47)41-16-14-40(15-17-41)31-29-25-19-27(45-3)28(20-26(25)36-30(29)33-21-34-31)46-18-4-9-39-12-10-38(2)11-13-39/h5-8,19-21H,4,9-18H2,1-3H3,(H,35,47)(H,37,42)(H,33,34,36)/p+1. The molecule has 2 aromatic carbocycles. The molecule has 0 radical (unpaired) electrons. The van der Waals surface area contributed by atoms with E-state index in [9.17, 15) is 13.2 Å². The minimum atomic E-state index is -3.90. The third-order valence-electron chi connectivity index (χ3n) is 8.74. The van der Waals surface area contributed by atoms with Crippen molar-refractivity contribution in [2.75, 3.05) is 89.9 Å². The van der Waals surface area contributed by atoms with Crippen LogP contribution in [0, 0.1) is 0 Å². The number of methoxy groups -OCH3 is 1. The second-order valence-corrected chi connectivity index (χ2v) is 14.2. The summed E-state index contributed by atoms with van der Waals surface area (Å²) in [6, 6.07) is 10.1. The molecule has 4 N–H and O–H groups in total. The number of fused-ring (bicyclic) bond motifs is 3. The molecule has 4 aromatic rings. The van der Waals surface area contributed by atoms with Crippen molar-refractivity contribution in [2.45, 2.75) is 18.2 Å². The van der Waals surface area contributed by atoms with Gasteiger partial charge in [-0.2, -0.15) is 0 Å². The Morgan fingerprint density at radius 2 is 1.77 bits per heavy atom. The van der Waals surface area contributed by atoms with Gasteiger partial charge < -0.3 is 34.5 Å². The fourth-order valence-corrected chi connectivity index (χ4v) is 7.41. The number of aromatic amines is 2. The van der Waals surface area contributed by atoms with Crippen LogP contribution in [-0.2, 0) is 14.8 Å². The smallest absolute Gasteiger partial charge is 0.264 e. The number of aromatic nitrogens is 3. The fourth-order valence-electron chi connectivity index (χ4n) is 6.12. The SMILES string of the molecule is COc1cc2c(cc1OCCCN1CCN(C)CC1)[nH]c1nc[nH+]c(N3CCN(C(=S)Nc4ccc(S(=O)(=O)NC(C)=O)cc4)CC3)c12. The maximum atomic E-state index is 12.2. The van der Waals surface area contributed by atoms with Gasteiger partial charge in [0, 0.05) is 56.8 Å². The number of rotatable bonds is 10. The zero-order valence-corrected chi connectivity index (χ0v) is 29.0. The van der Waals surface area contributed by atoms with Crippen molar-refractivity contribution < 1.29 is 27.7 Å². The van der Waals surface area contributed by atoms with Gasteiger partial charge in [0.25, 0.3) is 10.0 Å². The molecule has 0 spiro atoms. The first kappa shape index (κ1) is 33.6. The number of nitrogens with one attached hydrogen (secondary N) is 4. The second-order valence-electron chi connectivity index (χ2n) is 12.1. The van der Waals surface area contributed by atoms with Crippen molar-refractivity contribution in [1.82, 2.24) is 29.4 Å². The third-order valence-corrected chi connectivity index (χ3v) is 10.6. The minimum absolute atomic E-state index is 0.00179. The number of benzene rings is 2. The van der Waals surface area contributed by atoms with Crippen molar-refractivity contribution in [1.29, 1.82) is 0 Å². The molecule has 6 rings (SSSR count). The fraction of sp³-hybridized carbons (Fsp3) is 0.438. The number of piperazine rings is 2. The number of H-pyrrole nitrogens is 2. The van der Waals surface area contributed by atoms with Gasteiger partial charge in [0.15, 0.2) is 16.6 Å². The van der Waals surface area contributed by atoms with Gasteiger partial charge in [-0.25, -0.2) is 18.1 Å². The Hall–Kier alpha value is -4.25. The summed E-state index contributed by atoms with van der Waals surface area (Å²) in [6.45, 7) is 9.96. The number of carbonyl (C=O) groups excluding carboxylic acids is 1. The molecule has 2 saturated heterocycles. The first-order valence-electron chi connectivity index (χ1n) is 16.0. The lowest BCUT2D eigenvalue weighted by Gasteiger charge is -2.34. The van der Waals surface area contributed by atoms with E-state index >= 15 is 0 Å². The maximum Gasteiger partial charge on any atom is 0.264 e. The van der Waals surface area contributed by atoms with Crippen LogP contribution in [-0.4, -0.2) is 124 Å². The molecule has 14 nitrogen and oxygen atoms in total. The number of thiocarbonyl (C=S) groups is 1. The van der Waals surface area contributed by atoms with Crippen LogP contribution >= 0.6 is 12.2 Å². The zero-order valence-electron chi connectivity index (χ0n) is 27.4. The zero-order chi connectivity index (χ0) is 33.8. The highest BCUT2D eigenvalue weighted by atomic mass is 32.2. The van der Waals surface area contributed by atoms with E-state index in [1.165, 1.54) is 12.1 Å². The van der Waals surface area contributed by atoms with Gasteiger partial charge >= 0.3 is 0 Å². The summed E-state index contributed by atoms with van der Waals surface area (Å²) < 4.78 is 38.4. The van der Waals surface area contributed by atoms with Crippen LogP contribution in [0.25, 0.3) is 21.9 Å². The summed E-state index contributed by atoms with van der Waals surface area (Å²) in [7, 11) is -0.0696. The Balaban J connectivity index is 1.09. The average Bonchev–Trinajstić information content (AvgIpc) is 3.44. The quantitative estimate of drug-likeness (QED) is 0.164. The van der Waals surface area contributed by atoms with Crippen LogP contribution in [0.15, 0.2) is 47.6 Å². The number of ether oxygens (including phenoxy) is 2. The Kier molecular flexibility index (Phi) is 10.1. The molecule has 2 fully saturated rings.